The molecule has 45 heavy (non-hydrogen) atoms. The number of imidazole rings is 1. The van der Waals surface area contributed by atoms with Crippen molar-refractivity contribution in [2.75, 3.05) is 38.6 Å². The number of nitrogens with zero attached hydrogens (tertiary/aromatic N) is 3. The highest BCUT2D eigenvalue weighted by Crippen LogP contribution is 2.30. The van der Waals surface area contributed by atoms with Crippen molar-refractivity contribution >= 4 is 41.5 Å². The van der Waals surface area contributed by atoms with Crippen molar-refractivity contribution in [3.05, 3.63) is 64.6 Å². The van der Waals surface area contributed by atoms with Crippen molar-refractivity contribution in [3.8, 4) is 17.0 Å². The van der Waals surface area contributed by atoms with E-state index in [1.807, 2.05) is 4.90 Å². The van der Waals surface area contributed by atoms with Crippen molar-refractivity contribution in [3.63, 3.8) is 0 Å². The highest BCUT2D eigenvalue weighted by Gasteiger charge is 2.30. The Morgan fingerprint density at radius 1 is 1.11 bits per heavy atom. The van der Waals surface area contributed by atoms with Gasteiger partial charge in [-0.25, -0.2) is 9.37 Å². The van der Waals surface area contributed by atoms with E-state index >= 15 is 0 Å². The second kappa shape index (κ2) is 14.9. The quantitative estimate of drug-likeness (QED) is 0.285. The van der Waals surface area contributed by atoms with Crippen molar-refractivity contribution < 1.29 is 37.8 Å². The lowest BCUT2D eigenvalue weighted by molar-refractivity contribution is -0.136. The molecule has 0 bridgehead atoms. The first kappa shape index (κ1) is 33.3. The number of hydrogen-bond donors (Lipinski definition) is 4. The molecule has 3 aromatic rings. The molecule has 0 aliphatic carbocycles. The molecule has 0 spiro atoms. The van der Waals surface area contributed by atoms with E-state index < -0.39 is 17.5 Å². The number of rotatable bonds is 7. The summed E-state index contributed by atoms with van der Waals surface area (Å²) in [5, 5.41) is 15.9. The molecule has 0 radical (unpaired) electrons. The average molecular weight is 647 g/mol. The molecule has 4 N–H and O–H groups in total. The number of nitrogens with one attached hydrogen (secondary N) is 3. The van der Waals surface area contributed by atoms with Crippen molar-refractivity contribution in [2.45, 2.75) is 25.3 Å². The van der Waals surface area contributed by atoms with Crippen LogP contribution in [0.5, 0.6) is 5.75 Å². The van der Waals surface area contributed by atoms with Crippen LogP contribution in [0.3, 0.4) is 0 Å². The number of benzene rings is 2. The molecule has 240 valence electrons. The van der Waals surface area contributed by atoms with Crippen LogP contribution in [0.15, 0.2) is 36.5 Å². The van der Waals surface area contributed by atoms with Crippen LogP contribution in [0.25, 0.3) is 11.3 Å². The van der Waals surface area contributed by atoms with Gasteiger partial charge in [-0.15, -0.1) is 0 Å². The Bertz CT molecular complexity index is 1570. The molecule has 1 aromatic heterocycles. The van der Waals surface area contributed by atoms with E-state index in [9.17, 15) is 23.2 Å². The number of aromatic nitrogens is 2. The minimum Gasteiger partial charge on any atom is -0.494 e. The number of anilines is 1. The molecule has 5 rings (SSSR count). The molecule has 15 heteroatoms. The fourth-order valence-corrected chi connectivity index (χ4v) is 5.62. The summed E-state index contributed by atoms with van der Waals surface area (Å²) >= 11 is 6.40. The summed E-state index contributed by atoms with van der Waals surface area (Å²) in [6, 6.07) is 7.06. The largest absolute Gasteiger partial charge is 0.494 e. The number of ether oxygens (including phenoxy) is 1. The molecule has 12 nitrogen and oxygen atoms in total. The number of halogens is 3. The maximum atomic E-state index is 14.6. The number of amides is 3. The van der Waals surface area contributed by atoms with Crippen LogP contribution in [0, 0.1) is 17.6 Å². The second-order valence-corrected chi connectivity index (χ2v) is 10.9. The molecular weight excluding hydrogens is 614 g/mol. The summed E-state index contributed by atoms with van der Waals surface area (Å²) in [6.45, 7) is 2.52. The summed E-state index contributed by atoms with van der Waals surface area (Å²) in [6.07, 6.45) is 3.44. The van der Waals surface area contributed by atoms with Crippen LogP contribution < -0.4 is 20.7 Å². The molecule has 2 aromatic carbocycles. The van der Waals surface area contributed by atoms with Gasteiger partial charge in [-0.05, 0) is 56.1 Å². The molecule has 0 saturated carbocycles. The number of likely N-dealkylation sites (tertiary alicyclic amines) is 1. The Labute approximate surface area is 262 Å². The van der Waals surface area contributed by atoms with E-state index in [1.54, 1.807) is 0 Å². The zero-order valence-electron chi connectivity index (χ0n) is 24.6. The third kappa shape index (κ3) is 7.57. The molecule has 3 amide bonds. The first-order valence-electron chi connectivity index (χ1n) is 14.1. The predicted octanol–water partition coefficient (Wildman–Crippen LogP) is 3.31. The van der Waals surface area contributed by atoms with E-state index in [4.69, 9.17) is 26.2 Å². The Morgan fingerprint density at radius 2 is 1.82 bits per heavy atom. The van der Waals surface area contributed by atoms with Crippen LogP contribution in [0.1, 0.15) is 40.2 Å². The minimum atomic E-state index is -1.14. The SMILES string of the molecule is COc1ccc(-c2cnc(C(=O)Nc3ccc(C(=O)NC4CCN(C(=O)[C@@H]5CCNC5)CC4)c(Cl)c3)n2C)c(F)c1F.O=CO. The molecule has 2 aliphatic heterocycles. The fourth-order valence-electron chi connectivity index (χ4n) is 5.35. The van der Waals surface area contributed by atoms with Crippen LogP contribution in [0.4, 0.5) is 14.5 Å². The summed E-state index contributed by atoms with van der Waals surface area (Å²) in [5.74, 6) is -3.29. The van der Waals surface area contributed by atoms with Crippen LogP contribution in [-0.2, 0) is 16.6 Å². The van der Waals surface area contributed by atoms with Gasteiger partial charge in [0.2, 0.25) is 11.7 Å². The normalized spacial score (nSPS) is 16.4. The maximum absolute atomic E-state index is 14.6. The first-order chi connectivity index (χ1) is 21.6. The third-order valence-corrected chi connectivity index (χ3v) is 8.07. The van der Waals surface area contributed by atoms with Crippen molar-refractivity contribution in [1.29, 1.82) is 0 Å². The average Bonchev–Trinajstić information content (AvgIpc) is 3.69. The molecule has 2 fully saturated rings. The van der Waals surface area contributed by atoms with Gasteiger partial charge in [-0.2, -0.15) is 4.39 Å². The molecular formula is C30H33ClF2N6O6. The predicted molar refractivity (Wildman–Crippen MR) is 161 cm³/mol. The zero-order chi connectivity index (χ0) is 32.7. The zero-order valence-corrected chi connectivity index (χ0v) is 25.4. The van der Waals surface area contributed by atoms with Gasteiger partial charge in [-0.1, -0.05) is 11.6 Å². The third-order valence-electron chi connectivity index (χ3n) is 7.76. The Balaban J connectivity index is 0.00000148. The number of hydrogen-bond acceptors (Lipinski definition) is 7. The number of carbonyl (C=O) groups excluding carboxylic acids is 3. The van der Waals surface area contributed by atoms with Crippen LogP contribution in [0.2, 0.25) is 5.02 Å². The van der Waals surface area contributed by atoms with Crippen LogP contribution in [-0.4, -0.2) is 83.1 Å². The number of methoxy groups -OCH3 is 1. The molecule has 3 heterocycles. The molecule has 1 atom stereocenters. The van der Waals surface area contributed by atoms with E-state index in [1.165, 1.54) is 55.3 Å². The fraction of sp³-hybridized carbons (Fsp3) is 0.367. The Hall–Kier alpha value is -4.56. The lowest BCUT2D eigenvalue weighted by atomic mass is 10.0. The van der Waals surface area contributed by atoms with Crippen LogP contribution >= 0.6 is 11.6 Å². The van der Waals surface area contributed by atoms with E-state index in [2.05, 4.69) is 20.9 Å². The number of piperidine rings is 1. The number of carbonyl (C=O) groups is 4. The smallest absolute Gasteiger partial charge is 0.291 e. The van der Waals surface area contributed by atoms with Gasteiger partial charge < -0.3 is 35.3 Å². The summed E-state index contributed by atoms with van der Waals surface area (Å²) in [4.78, 5) is 52.8. The van der Waals surface area contributed by atoms with E-state index in [0.29, 0.717) is 31.6 Å². The van der Waals surface area contributed by atoms with E-state index in [0.717, 1.165) is 19.5 Å². The topological polar surface area (TPSA) is 155 Å². The van der Waals surface area contributed by atoms with Gasteiger partial charge in [0.05, 0.1) is 35.5 Å². The molecule has 2 saturated heterocycles. The standard InChI is InChI=1S/C29H31ClF2N6O4.CH2O2/c1-37-22(20-5-6-23(42-2)25(32)24(20)31)15-34-26(37)28(40)36-18-3-4-19(21(30)13-18)27(39)35-17-8-11-38(12-9-17)29(41)16-7-10-33-14-16;2-1-3/h3-6,13,15-17,33H,7-12,14H2,1-2H3,(H,35,39)(H,36,40);1H,(H,2,3)/t16-;/m1./s1. The molecule has 0 unspecified atom stereocenters. The first-order valence-corrected chi connectivity index (χ1v) is 14.5. The minimum absolute atomic E-state index is 0.0365. The highest BCUT2D eigenvalue weighted by atomic mass is 35.5. The Kier molecular flexibility index (Phi) is 11.1. The lowest BCUT2D eigenvalue weighted by Gasteiger charge is -2.33. The highest BCUT2D eigenvalue weighted by molar-refractivity contribution is 6.34. The monoisotopic (exact) mass is 646 g/mol. The second-order valence-electron chi connectivity index (χ2n) is 10.5. The Morgan fingerprint density at radius 3 is 2.44 bits per heavy atom. The van der Waals surface area contributed by atoms with Crippen molar-refractivity contribution in [2.24, 2.45) is 13.0 Å². The summed E-state index contributed by atoms with van der Waals surface area (Å²) in [5.41, 5.74) is 0.682. The van der Waals surface area contributed by atoms with Gasteiger partial charge in [0.15, 0.2) is 17.4 Å². The van der Waals surface area contributed by atoms with Gasteiger partial charge in [0, 0.05) is 44.0 Å². The summed E-state index contributed by atoms with van der Waals surface area (Å²) in [7, 11) is 2.74. The lowest BCUT2D eigenvalue weighted by Crippen LogP contribution is -2.48. The molecule has 2 aliphatic rings. The van der Waals surface area contributed by atoms with Gasteiger partial charge >= 0.3 is 0 Å². The van der Waals surface area contributed by atoms with E-state index in [-0.39, 0.29) is 63.7 Å². The maximum Gasteiger partial charge on any atom is 0.291 e. The number of carboxylic acid groups (broad SMARTS) is 1. The van der Waals surface area contributed by atoms with Gasteiger partial charge in [0.1, 0.15) is 0 Å². The van der Waals surface area contributed by atoms with Gasteiger partial charge in [-0.3, -0.25) is 19.2 Å². The van der Waals surface area contributed by atoms with Crippen molar-refractivity contribution in [1.82, 2.24) is 25.1 Å². The summed E-state index contributed by atoms with van der Waals surface area (Å²) < 4.78 is 35.0. The van der Waals surface area contributed by atoms with Gasteiger partial charge in [0.25, 0.3) is 18.3 Å².